The fourth-order valence-electron chi connectivity index (χ4n) is 1.91. The Morgan fingerprint density at radius 3 is 2.21 bits per heavy atom. The van der Waals surface area contributed by atoms with E-state index in [0.717, 1.165) is 12.1 Å². The zero-order valence-corrected chi connectivity index (χ0v) is 11.8. The summed E-state index contributed by atoms with van der Waals surface area (Å²) in [4.78, 5) is 13.8. The lowest BCUT2D eigenvalue weighted by Crippen LogP contribution is -2.34. The molecule has 0 radical (unpaired) electrons. The SMILES string of the molecule is CCN(CC(C)C)C(=O)c1cc(F)c(NC)c(F)c1. The van der Waals surface area contributed by atoms with Crippen molar-refractivity contribution in [2.45, 2.75) is 20.8 Å². The molecule has 0 bridgehead atoms. The Morgan fingerprint density at radius 1 is 1.32 bits per heavy atom. The van der Waals surface area contributed by atoms with Crippen molar-refractivity contribution in [1.82, 2.24) is 4.90 Å². The average molecular weight is 270 g/mol. The van der Waals surface area contributed by atoms with E-state index in [1.807, 2.05) is 20.8 Å². The number of hydrogen-bond acceptors (Lipinski definition) is 2. The molecule has 0 atom stereocenters. The lowest BCUT2D eigenvalue weighted by atomic mass is 10.1. The third kappa shape index (κ3) is 3.66. The van der Waals surface area contributed by atoms with E-state index >= 15 is 0 Å². The first-order chi connectivity index (χ1) is 8.90. The normalized spacial score (nSPS) is 10.7. The van der Waals surface area contributed by atoms with Gasteiger partial charge in [-0.1, -0.05) is 13.8 Å². The Labute approximate surface area is 112 Å². The predicted octanol–water partition coefficient (Wildman–Crippen LogP) is 3.12. The molecule has 0 unspecified atom stereocenters. The summed E-state index contributed by atoms with van der Waals surface area (Å²) in [7, 11) is 1.43. The summed E-state index contributed by atoms with van der Waals surface area (Å²) in [5.74, 6) is -1.57. The number of anilines is 1. The Kier molecular flexibility index (Phi) is 5.27. The first kappa shape index (κ1) is 15.4. The Bertz CT molecular complexity index is 438. The van der Waals surface area contributed by atoms with Crippen molar-refractivity contribution in [3.63, 3.8) is 0 Å². The van der Waals surface area contributed by atoms with Gasteiger partial charge in [-0.15, -0.1) is 0 Å². The third-order valence-corrected chi connectivity index (χ3v) is 2.79. The summed E-state index contributed by atoms with van der Waals surface area (Å²) in [5.41, 5.74) is -0.181. The summed E-state index contributed by atoms with van der Waals surface area (Å²) in [6.07, 6.45) is 0. The van der Waals surface area contributed by atoms with E-state index in [9.17, 15) is 13.6 Å². The van der Waals surface area contributed by atoms with Gasteiger partial charge in [0.2, 0.25) is 0 Å². The van der Waals surface area contributed by atoms with Crippen LogP contribution in [0.3, 0.4) is 0 Å². The number of benzene rings is 1. The van der Waals surface area contributed by atoms with E-state index < -0.39 is 11.6 Å². The van der Waals surface area contributed by atoms with Crippen LogP contribution in [0, 0.1) is 17.6 Å². The maximum atomic E-state index is 13.6. The van der Waals surface area contributed by atoms with Crippen LogP contribution in [0.1, 0.15) is 31.1 Å². The standard InChI is InChI=1S/C14H20F2N2O/c1-5-18(8-9(2)3)14(19)10-6-11(15)13(17-4)12(16)7-10/h6-7,9,17H,5,8H2,1-4H3. The number of nitrogens with one attached hydrogen (secondary N) is 1. The molecule has 5 heteroatoms. The summed E-state index contributed by atoms with van der Waals surface area (Å²) in [6, 6.07) is 2.14. The van der Waals surface area contributed by atoms with E-state index in [-0.39, 0.29) is 17.2 Å². The highest BCUT2D eigenvalue weighted by Crippen LogP contribution is 2.21. The molecule has 1 aromatic rings. The largest absolute Gasteiger partial charge is 0.383 e. The molecular formula is C14H20F2N2O. The zero-order chi connectivity index (χ0) is 14.6. The second-order valence-electron chi connectivity index (χ2n) is 4.80. The van der Waals surface area contributed by atoms with E-state index in [1.54, 1.807) is 4.90 Å². The molecule has 0 aliphatic heterocycles. The van der Waals surface area contributed by atoms with Gasteiger partial charge in [-0.3, -0.25) is 4.79 Å². The molecule has 0 aliphatic rings. The summed E-state index contributed by atoms with van der Waals surface area (Å²) in [6.45, 7) is 6.89. The minimum atomic E-state index is -0.758. The quantitative estimate of drug-likeness (QED) is 0.891. The first-order valence-electron chi connectivity index (χ1n) is 6.36. The number of carbonyl (C=O) groups excluding carboxylic acids is 1. The smallest absolute Gasteiger partial charge is 0.254 e. The van der Waals surface area contributed by atoms with Crippen LogP contribution < -0.4 is 5.32 Å². The third-order valence-electron chi connectivity index (χ3n) is 2.79. The van der Waals surface area contributed by atoms with Gasteiger partial charge in [0, 0.05) is 25.7 Å². The fourth-order valence-corrected chi connectivity index (χ4v) is 1.91. The molecule has 1 N–H and O–H groups in total. The van der Waals surface area contributed by atoms with Crippen LogP contribution in [-0.4, -0.2) is 30.9 Å². The van der Waals surface area contributed by atoms with Crippen molar-refractivity contribution >= 4 is 11.6 Å². The van der Waals surface area contributed by atoms with Crippen LogP contribution in [0.25, 0.3) is 0 Å². The van der Waals surface area contributed by atoms with Crippen LogP contribution >= 0.6 is 0 Å². The van der Waals surface area contributed by atoms with Gasteiger partial charge in [0.1, 0.15) is 17.3 Å². The molecule has 0 aromatic heterocycles. The number of carbonyl (C=O) groups is 1. The maximum Gasteiger partial charge on any atom is 0.254 e. The van der Waals surface area contributed by atoms with Gasteiger partial charge in [0.15, 0.2) is 0 Å². The minimum absolute atomic E-state index is 0.0384. The lowest BCUT2D eigenvalue weighted by Gasteiger charge is -2.23. The number of amides is 1. The highest BCUT2D eigenvalue weighted by molar-refractivity contribution is 5.94. The van der Waals surface area contributed by atoms with Crippen molar-refractivity contribution in [3.8, 4) is 0 Å². The molecule has 0 spiro atoms. The number of hydrogen-bond donors (Lipinski definition) is 1. The molecule has 1 rings (SSSR count). The zero-order valence-electron chi connectivity index (χ0n) is 11.8. The van der Waals surface area contributed by atoms with E-state index in [1.165, 1.54) is 7.05 Å². The molecule has 0 saturated carbocycles. The molecule has 0 fully saturated rings. The highest BCUT2D eigenvalue weighted by atomic mass is 19.1. The minimum Gasteiger partial charge on any atom is -0.383 e. The van der Waals surface area contributed by atoms with Gasteiger partial charge in [0.05, 0.1) is 0 Å². The molecule has 3 nitrogen and oxygen atoms in total. The Morgan fingerprint density at radius 2 is 1.84 bits per heavy atom. The topological polar surface area (TPSA) is 32.3 Å². The summed E-state index contributed by atoms with van der Waals surface area (Å²) in [5, 5.41) is 2.43. The predicted molar refractivity (Wildman–Crippen MR) is 72.3 cm³/mol. The van der Waals surface area contributed by atoms with Gasteiger partial charge in [-0.2, -0.15) is 0 Å². The number of halogens is 2. The number of rotatable bonds is 5. The van der Waals surface area contributed by atoms with Crippen molar-refractivity contribution in [2.75, 3.05) is 25.5 Å². The maximum absolute atomic E-state index is 13.6. The van der Waals surface area contributed by atoms with Gasteiger partial charge >= 0.3 is 0 Å². The fraction of sp³-hybridized carbons (Fsp3) is 0.500. The second kappa shape index (κ2) is 6.50. The van der Waals surface area contributed by atoms with Crippen LogP contribution in [0.5, 0.6) is 0 Å². The number of nitrogens with zero attached hydrogens (tertiary/aromatic N) is 1. The Hall–Kier alpha value is -1.65. The molecule has 106 valence electrons. The van der Waals surface area contributed by atoms with Crippen LogP contribution in [0.2, 0.25) is 0 Å². The monoisotopic (exact) mass is 270 g/mol. The Balaban J connectivity index is 3.05. The molecule has 0 aliphatic carbocycles. The summed E-state index contributed by atoms with van der Waals surface area (Å²) < 4.78 is 27.3. The average Bonchev–Trinajstić information content (AvgIpc) is 2.34. The van der Waals surface area contributed by atoms with Crippen molar-refractivity contribution in [2.24, 2.45) is 5.92 Å². The van der Waals surface area contributed by atoms with Crippen molar-refractivity contribution in [1.29, 1.82) is 0 Å². The van der Waals surface area contributed by atoms with Crippen LogP contribution in [0.15, 0.2) is 12.1 Å². The van der Waals surface area contributed by atoms with Crippen LogP contribution in [-0.2, 0) is 0 Å². The molecule has 1 aromatic carbocycles. The molecular weight excluding hydrogens is 250 g/mol. The van der Waals surface area contributed by atoms with E-state index in [0.29, 0.717) is 19.0 Å². The summed E-state index contributed by atoms with van der Waals surface area (Å²) >= 11 is 0. The lowest BCUT2D eigenvalue weighted by molar-refractivity contribution is 0.0745. The van der Waals surface area contributed by atoms with Gasteiger partial charge in [-0.25, -0.2) is 8.78 Å². The van der Waals surface area contributed by atoms with E-state index in [4.69, 9.17) is 0 Å². The second-order valence-corrected chi connectivity index (χ2v) is 4.80. The van der Waals surface area contributed by atoms with Gasteiger partial charge < -0.3 is 10.2 Å². The first-order valence-corrected chi connectivity index (χ1v) is 6.36. The highest BCUT2D eigenvalue weighted by Gasteiger charge is 2.19. The molecule has 1 amide bonds. The van der Waals surface area contributed by atoms with Crippen molar-refractivity contribution < 1.29 is 13.6 Å². The molecule has 0 heterocycles. The van der Waals surface area contributed by atoms with E-state index in [2.05, 4.69) is 5.32 Å². The van der Waals surface area contributed by atoms with Gasteiger partial charge in [-0.05, 0) is 25.0 Å². The van der Waals surface area contributed by atoms with Gasteiger partial charge in [0.25, 0.3) is 5.91 Å². The van der Waals surface area contributed by atoms with Crippen molar-refractivity contribution in [3.05, 3.63) is 29.3 Å². The molecule has 0 saturated heterocycles. The molecule has 19 heavy (non-hydrogen) atoms. The van der Waals surface area contributed by atoms with Crippen LogP contribution in [0.4, 0.5) is 14.5 Å².